The highest BCUT2D eigenvalue weighted by Gasteiger charge is 2.11. The Morgan fingerprint density at radius 2 is 1.73 bits per heavy atom. The lowest BCUT2D eigenvalue weighted by molar-refractivity contribution is 0.280. The molecule has 0 aliphatic carbocycles. The minimum Gasteiger partial charge on any atom is -0.497 e. The van der Waals surface area contributed by atoms with Crippen molar-refractivity contribution in [3.63, 3.8) is 0 Å². The maximum absolute atomic E-state index is 5.91. The molecule has 0 aliphatic heterocycles. The highest BCUT2D eigenvalue weighted by Crippen LogP contribution is 2.27. The molecule has 0 amide bonds. The molecule has 4 nitrogen and oxygen atoms in total. The molecule has 0 radical (unpaired) electrons. The Balaban J connectivity index is 1.96. The van der Waals surface area contributed by atoms with Crippen LogP contribution in [0.15, 0.2) is 48.5 Å². The largest absolute Gasteiger partial charge is 0.497 e. The fraction of sp³-hybridized carbons (Fsp3) is 0.333. The molecule has 0 spiro atoms. The van der Waals surface area contributed by atoms with Gasteiger partial charge in [-0.1, -0.05) is 24.3 Å². The van der Waals surface area contributed by atoms with Crippen LogP contribution in [0, 0.1) is 0 Å². The van der Waals surface area contributed by atoms with Crippen LogP contribution >= 0.6 is 0 Å². The van der Waals surface area contributed by atoms with E-state index in [9.17, 15) is 0 Å². The van der Waals surface area contributed by atoms with Gasteiger partial charge in [0.25, 0.3) is 0 Å². The Morgan fingerprint density at radius 3 is 2.41 bits per heavy atom. The zero-order valence-electron chi connectivity index (χ0n) is 13.1. The second kappa shape index (κ2) is 8.29. The average Bonchev–Trinajstić information content (AvgIpc) is 2.59. The van der Waals surface area contributed by atoms with Gasteiger partial charge in [-0.05, 0) is 48.7 Å². The first-order chi connectivity index (χ1) is 10.8. The van der Waals surface area contributed by atoms with Gasteiger partial charge >= 0.3 is 0 Å². The quantitative estimate of drug-likeness (QED) is 0.813. The van der Waals surface area contributed by atoms with Crippen LogP contribution in [0.25, 0.3) is 0 Å². The summed E-state index contributed by atoms with van der Waals surface area (Å²) in [5.74, 6) is 2.59. The first kappa shape index (κ1) is 16.2. The van der Waals surface area contributed by atoms with E-state index in [1.165, 1.54) is 5.56 Å². The molecule has 1 unspecified atom stereocenters. The minimum atomic E-state index is 0.241. The van der Waals surface area contributed by atoms with E-state index in [1.54, 1.807) is 14.2 Å². The summed E-state index contributed by atoms with van der Waals surface area (Å²) in [5, 5.41) is 0. The van der Waals surface area contributed by atoms with E-state index < -0.39 is 0 Å². The summed E-state index contributed by atoms with van der Waals surface area (Å²) in [6, 6.07) is 15.7. The summed E-state index contributed by atoms with van der Waals surface area (Å²) in [6.45, 7) is 1.15. The number of rotatable bonds is 8. The number of ether oxygens (including phenoxy) is 3. The molecule has 2 rings (SSSR count). The van der Waals surface area contributed by atoms with E-state index >= 15 is 0 Å². The van der Waals surface area contributed by atoms with Gasteiger partial charge in [0.1, 0.15) is 5.75 Å². The Labute approximate surface area is 131 Å². The van der Waals surface area contributed by atoms with Crippen molar-refractivity contribution in [3.05, 3.63) is 54.1 Å². The molecule has 1 atom stereocenters. The summed E-state index contributed by atoms with van der Waals surface area (Å²) < 4.78 is 16.4. The second-order valence-electron chi connectivity index (χ2n) is 5.00. The number of nitrogens with two attached hydrogens (primary N) is 1. The molecule has 0 saturated carbocycles. The van der Waals surface area contributed by atoms with E-state index in [2.05, 4.69) is 6.07 Å². The summed E-state index contributed by atoms with van der Waals surface area (Å²) >= 11 is 0. The smallest absolute Gasteiger partial charge is 0.161 e. The van der Waals surface area contributed by atoms with Crippen molar-refractivity contribution in [2.45, 2.75) is 12.3 Å². The van der Waals surface area contributed by atoms with Crippen LogP contribution in [0.1, 0.15) is 17.9 Å². The van der Waals surface area contributed by atoms with Crippen LogP contribution in [0.5, 0.6) is 17.2 Å². The SMILES string of the molecule is COc1cccc(C(CN)CCOc2ccccc2OC)c1. The molecular formula is C18H23NO3. The topological polar surface area (TPSA) is 53.7 Å². The Morgan fingerprint density at radius 1 is 0.955 bits per heavy atom. The van der Waals surface area contributed by atoms with Crippen LogP contribution in [0.4, 0.5) is 0 Å². The molecule has 2 N–H and O–H groups in total. The molecule has 22 heavy (non-hydrogen) atoms. The molecule has 0 heterocycles. The van der Waals surface area contributed by atoms with E-state index in [0.29, 0.717) is 13.2 Å². The number of hydrogen-bond acceptors (Lipinski definition) is 4. The molecule has 0 fully saturated rings. The van der Waals surface area contributed by atoms with E-state index in [-0.39, 0.29) is 5.92 Å². The maximum atomic E-state index is 5.91. The van der Waals surface area contributed by atoms with Gasteiger partial charge in [0.2, 0.25) is 0 Å². The zero-order chi connectivity index (χ0) is 15.8. The second-order valence-corrected chi connectivity index (χ2v) is 5.00. The Hall–Kier alpha value is -2.20. The normalized spacial score (nSPS) is 11.8. The molecule has 4 heteroatoms. The third-order valence-corrected chi connectivity index (χ3v) is 3.64. The van der Waals surface area contributed by atoms with Crippen molar-refractivity contribution in [2.75, 3.05) is 27.4 Å². The standard InChI is InChI=1S/C18H23NO3/c1-20-16-7-5-6-14(12-16)15(13-19)10-11-22-18-9-4-3-8-17(18)21-2/h3-9,12,15H,10-11,13,19H2,1-2H3. The monoisotopic (exact) mass is 301 g/mol. The van der Waals surface area contributed by atoms with Crippen LogP contribution in [0.2, 0.25) is 0 Å². The van der Waals surface area contributed by atoms with E-state index in [4.69, 9.17) is 19.9 Å². The molecule has 0 aromatic heterocycles. The lowest BCUT2D eigenvalue weighted by Gasteiger charge is -2.17. The first-order valence-corrected chi connectivity index (χ1v) is 7.38. The minimum absolute atomic E-state index is 0.241. The number of benzene rings is 2. The molecule has 118 valence electrons. The molecule has 2 aromatic rings. The maximum Gasteiger partial charge on any atom is 0.161 e. The van der Waals surface area contributed by atoms with Gasteiger partial charge in [0.05, 0.1) is 20.8 Å². The fourth-order valence-electron chi connectivity index (χ4n) is 2.37. The lowest BCUT2D eigenvalue weighted by atomic mass is 9.96. The molecule has 0 aliphatic rings. The highest BCUT2D eigenvalue weighted by molar-refractivity contribution is 5.39. The van der Waals surface area contributed by atoms with Crippen molar-refractivity contribution in [1.29, 1.82) is 0 Å². The lowest BCUT2D eigenvalue weighted by Crippen LogP contribution is -2.15. The van der Waals surface area contributed by atoms with E-state index in [0.717, 1.165) is 23.7 Å². The van der Waals surface area contributed by atoms with Crippen LogP contribution in [0.3, 0.4) is 0 Å². The van der Waals surface area contributed by atoms with Crippen molar-refractivity contribution in [1.82, 2.24) is 0 Å². The summed E-state index contributed by atoms with van der Waals surface area (Å²) in [6.07, 6.45) is 0.835. The number of para-hydroxylation sites is 2. The summed E-state index contributed by atoms with van der Waals surface area (Å²) in [4.78, 5) is 0. The van der Waals surface area contributed by atoms with Gasteiger partial charge in [-0.15, -0.1) is 0 Å². The van der Waals surface area contributed by atoms with Gasteiger partial charge < -0.3 is 19.9 Å². The van der Waals surface area contributed by atoms with Gasteiger partial charge in [-0.25, -0.2) is 0 Å². The van der Waals surface area contributed by atoms with Crippen molar-refractivity contribution < 1.29 is 14.2 Å². The number of methoxy groups -OCH3 is 2. The van der Waals surface area contributed by atoms with Gasteiger partial charge in [0.15, 0.2) is 11.5 Å². The predicted octanol–water partition coefficient (Wildman–Crippen LogP) is 3.22. The van der Waals surface area contributed by atoms with Crippen LogP contribution in [-0.2, 0) is 0 Å². The zero-order valence-corrected chi connectivity index (χ0v) is 13.1. The van der Waals surface area contributed by atoms with Crippen molar-refractivity contribution in [3.8, 4) is 17.2 Å². The van der Waals surface area contributed by atoms with E-state index in [1.807, 2.05) is 42.5 Å². The molecule has 0 bridgehead atoms. The van der Waals surface area contributed by atoms with Crippen molar-refractivity contribution in [2.24, 2.45) is 5.73 Å². The summed E-state index contributed by atoms with van der Waals surface area (Å²) in [7, 11) is 3.31. The summed E-state index contributed by atoms with van der Waals surface area (Å²) in [5.41, 5.74) is 7.08. The van der Waals surface area contributed by atoms with Crippen molar-refractivity contribution >= 4 is 0 Å². The molecule has 2 aromatic carbocycles. The highest BCUT2D eigenvalue weighted by atomic mass is 16.5. The third-order valence-electron chi connectivity index (χ3n) is 3.64. The van der Waals surface area contributed by atoms with Crippen LogP contribution < -0.4 is 19.9 Å². The molecule has 0 saturated heterocycles. The Bertz CT molecular complexity index is 586. The number of hydrogen-bond donors (Lipinski definition) is 1. The third kappa shape index (κ3) is 4.15. The first-order valence-electron chi connectivity index (χ1n) is 7.38. The van der Waals surface area contributed by atoms with Gasteiger partial charge in [-0.2, -0.15) is 0 Å². The van der Waals surface area contributed by atoms with Gasteiger partial charge in [0, 0.05) is 0 Å². The Kier molecular flexibility index (Phi) is 6.10. The average molecular weight is 301 g/mol. The van der Waals surface area contributed by atoms with Crippen LogP contribution in [-0.4, -0.2) is 27.4 Å². The fourth-order valence-corrected chi connectivity index (χ4v) is 2.37. The predicted molar refractivity (Wildman–Crippen MR) is 87.9 cm³/mol. The molecular weight excluding hydrogens is 278 g/mol. The van der Waals surface area contributed by atoms with Gasteiger partial charge in [-0.3, -0.25) is 0 Å².